The summed E-state index contributed by atoms with van der Waals surface area (Å²) < 4.78 is 5.36. The third-order valence-corrected chi connectivity index (χ3v) is 3.46. The van der Waals surface area contributed by atoms with Crippen LogP contribution in [-0.2, 0) is 27.4 Å². The highest BCUT2D eigenvalue weighted by atomic mass is 16.5. The van der Waals surface area contributed by atoms with Gasteiger partial charge in [0.15, 0.2) is 0 Å². The molecule has 2 rings (SSSR count). The molecule has 4 heteroatoms. The second-order valence-electron chi connectivity index (χ2n) is 5.40. The number of carbonyl (C=O) groups excluding carboxylic acids is 2. The van der Waals surface area contributed by atoms with Gasteiger partial charge in [-0.25, -0.2) is 4.79 Å². The molecule has 1 amide bonds. The fourth-order valence-corrected chi connectivity index (χ4v) is 2.26. The zero-order valence-corrected chi connectivity index (χ0v) is 13.5. The van der Waals surface area contributed by atoms with E-state index in [1.165, 1.54) is 6.08 Å². The van der Waals surface area contributed by atoms with E-state index in [-0.39, 0.29) is 18.9 Å². The van der Waals surface area contributed by atoms with Crippen molar-refractivity contribution in [3.05, 3.63) is 84.4 Å². The Labute approximate surface area is 142 Å². The first-order valence-electron chi connectivity index (χ1n) is 7.84. The highest BCUT2D eigenvalue weighted by molar-refractivity contribution is 5.85. The number of hydrogen-bond donors (Lipinski definition) is 1. The second kappa shape index (κ2) is 9.30. The summed E-state index contributed by atoms with van der Waals surface area (Å²) in [5.74, 6) is -0.692. The van der Waals surface area contributed by atoms with Crippen LogP contribution in [0.1, 0.15) is 17.5 Å². The van der Waals surface area contributed by atoms with Crippen LogP contribution < -0.4 is 5.32 Å². The van der Waals surface area contributed by atoms with Gasteiger partial charge in [0.1, 0.15) is 12.6 Å². The van der Waals surface area contributed by atoms with E-state index >= 15 is 0 Å². The molecule has 24 heavy (non-hydrogen) atoms. The van der Waals surface area contributed by atoms with Crippen LogP contribution in [0.2, 0.25) is 0 Å². The van der Waals surface area contributed by atoms with Crippen LogP contribution in [0.25, 0.3) is 0 Å². The molecule has 0 saturated heterocycles. The molecule has 0 aliphatic heterocycles. The first kappa shape index (κ1) is 17.5. The SMILES string of the molecule is C=CCC(=O)N[C@@H](Cc1ccccc1)C(=O)OCc1ccccc1. The van der Waals surface area contributed by atoms with Crippen molar-refractivity contribution in [3.8, 4) is 0 Å². The number of nitrogens with one attached hydrogen (secondary N) is 1. The first-order valence-corrected chi connectivity index (χ1v) is 7.84. The monoisotopic (exact) mass is 323 g/mol. The smallest absolute Gasteiger partial charge is 0.329 e. The minimum atomic E-state index is -0.719. The van der Waals surface area contributed by atoms with Crippen LogP contribution in [0.15, 0.2) is 73.3 Å². The standard InChI is InChI=1S/C20H21NO3/c1-2-9-19(22)21-18(14-16-10-5-3-6-11-16)20(23)24-15-17-12-7-4-8-13-17/h2-8,10-13,18H,1,9,14-15H2,(H,21,22)/t18-/m0/s1. The van der Waals surface area contributed by atoms with Crippen molar-refractivity contribution in [1.29, 1.82) is 0 Å². The molecule has 0 saturated carbocycles. The van der Waals surface area contributed by atoms with Gasteiger partial charge in [-0.1, -0.05) is 66.7 Å². The third kappa shape index (κ3) is 5.72. The number of esters is 1. The molecule has 2 aromatic carbocycles. The van der Waals surface area contributed by atoms with Crippen molar-refractivity contribution >= 4 is 11.9 Å². The Kier molecular flexibility index (Phi) is 6.77. The molecule has 1 atom stereocenters. The van der Waals surface area contributed by atoms with Gasteiger partial charge in [0.2, 0.25) is 5.91 Å². The van der Waals surface area contributed by atoms with Crippen LogP contribution in [0.5, 0.6) is 0 Å². The van der Waals surface area contributed by atoms with Crippen molar-refractivity contribution in [2.24, 2.45) is 0 Å². The van der Waals surface area contributed by atoms with Crippen LogP contribution in [-0.4, -0.2) is 17.9 Å². The highest BCUT2D eigenvalue weighted by Crippen LogP contribution is 2.07. The van der Waals surface area contributed by atoms with E-state index in [0.717, 1.165) is 11.1 Å². The van der Waals surface area contributed by atoms with E-state index in [1.54, 1.807) is 0 Å². The van der Waals surface area contributed by atoms with Crippen molar-refractivity contribution in [2.75, 3.05) is 0 Å². The van der Waals surface area contributed by atoms with E-state index in [4.69, 9.17) is 4.74 Å². The Hall–Kier alpha value is -2.88. The molecule has 1 N–H and O–H groups in total. The van der Waals surface area contributed by atoms with Crippen LogP contribution in [0.3, 0.4) is 0 Å². The summed E-state index contributed by atoms with van der Waals surface area (Å²) in [5, 5.41) is 2.72. The van der Waals surface area contributed by atoms with Gasteiger partial charge in [-0.3, -0.25) is 4.79 Å². The maximum atomic E-state index is 12.4. The Morgan fingerprint density at radius 2 is 1.58 bits per heavy atom. The molecule has 0 spiro atoms. The first-order chi connectivity index (χ1) is 11.7. The third-order valence-electron chi connectivity index (χ3n) is 3.46. The topological polar surface area (TPSA) is 55.4 Å². The summed E-state index contributed by atoms with van der Waals surface area (Å²) in [5.41, 5.74) is 1.86. The Balaban J connectivity index is 2.01. The minimum Gasteiger partial charge on any atom is -0.459 e. The lowest BCUT2D eigenvalue weighted by molar-refractivity contribution is -0.149. The van der Waals surface area contributed by atoms with E-state index < -0.39 is 12.0 Å². The number of benzene rings is 2. The van der Waals surface area contributed by atoms with Gasteiger partial charge in [-0.05, 0) is 11.1 Å². The molecular formula is C20H21NO3. The average Bonchev–Trinajstić information content (AvgIpc) is 2.61. The second-order valence-corrected chi connectivity index (χ2v) is 5.40. The van der Waals surface area contributed by atoms with Crippen molar-refractivity contribution in [3.63, 3.8) is 0 Å². The molecule has 0 unspecified atom stereocenters. The van der Waals surface area contributed by atoms with E-state index in [0.29, 0.717) is 6.42 Å². The molecule has 0 radical (unpaired) electrons. The van der Waals surface area contributed by atoms with E-state index in [2.05, 4.69) is 11.9 Å². The minimum absolute atomic E-state index is 0.164. The van der Waals surface area contributed by atoms with Crippen molar-refractivity contribution in [2.45, 2.75) is 25.5 Å². The molecule has 2 aromatic rings. The van der Waals surface area contributed by atoms with Crippen molar-refractivity contribution < 1.29 is 14.3 Å². The predicted molar refractivity (Wildman–Crippen MR) is 93.1 cm³/mol. The van der Waals surface area contributed by atoms with E-state index in [1.807, 2.05) is 60.7 Å². The van der Waals surface area contributed by atoms with Crippen LogP contribution in [0, 0.1) is 0 Å². The molecule has 0 aromatic heterocycles. The number of carbonyl (C=O) groups is 2. The summed E-state index contributed by atoms with van der Waals surface area (Å²) in [6.45, 7) is 3.72. The lowest BCUT2D eigenvalue weighted by atomic mass is 10.1. The normalized spacial score (nSPS) is 11.3. The molecule has 0 fully saturated rings. The zero-order valence-electron chi connectivity index (χ0n) is 13.5. The van der Waals surface area contributed by atoms with Crippen molar-refractivity contribution in [1.82, 2.24) is 5.32 Å². The lowest BCUT2D eigenvalue weighted by Crippen LogP contribution is -2.43. The summed E-state index contributed by atoms with van der Waals surface area (Å²) in [4.78, 5) is 24.2. The molecule has 4 nitrogen and oxygen atoms in total. The Bertz CT molecular complexity index is 668. The zero-order chi connectivity index (χ0) is 17.2. The molecule has 0 aliphatic rings. The largest absolute Gasteiger partial charge is 0.459 e. The van der Waals surface area contributed by atoms with Gasteiger partial charge in [0, 0.05) is 12.8 Å². The van der Waals surface area contributed by atoms with Gasteiger partial charge < -0.3 is 10.1 Å². The maximum absolute atomic E-state index is 12.4. The van der Waals surface area contributed by atoms with Gasteiger partial charge in [0.25, 0.3) is 0 Å². The number of hydrogen-bond acceptors (Lipinski definition) is 3. The predicted octanol–water partition coefficient (Wildman–Crippen LogP) is 3.03. The summed E-state index contributed by atoms with van der Waals surface area (Å²) >= 11 is 0. The summed E-state index contributed by atoms with van der Waals surface area (Å²) in [7, 11) is 0. The Morgan fingerprint density at radius 3 is 2.17 bits per heavy atom. The van der Waals surface area contributed by atoms with Crippen LogP contribution in [0.4, 0.5) is 0 Å². The molecule has 0 heterocycles. The number of ether oxygens (including phenoxy) is 1. The fraction of sp³-hybridized carbons (Fsp3) is 0.200. The molecule has 0 aliphatic carbocycles. The summed E-state index contributed by atoms with van der Waals surface area (Å²) in [6.07, 6.45) is 2.05. The molecule has 124 valence electrons. The lowest BCUT2D eigenvalue weighted by Gasteiger charge is -2.17. The number of rotatable bonds is 8. The maximum Gasteiger partial charge on any atom is 0.329 e. The van der Waals surface area contributed by atoms with Gasteiger partial charge >= 0.3 is 5.97 Å². The highest BCUT2D eigenvalue weighted by Gasteiger charge is 2.22. The Morgan fingerprint density at radius 1 is 1.00 bits per heavy atom. The average molecular weight is 323 g/mol. The number of amides is 1. The van der Waals surface area contributed by atoms with Gasteiger partial charge in [0.05, 0.1) is 0 Å². The van der Waals surface area contributed by atoms with Gasteiger partial charge in [-0.15, -0.1) is 6.58 Å². The fourth-order valence-electron chi connectivity index (χ4n) is 2.26. The molecule has 0 bridgehead atoms. The van der Waals surface area contributed by atoms with Gasteiger partial charge in [-0.2, -0.15) is 0 Å². The molecular weight excluding hydrogens is 302 g/mol. The van der Waals surface area contributed by atoms with Crippen LogP contribution >= 0.6 is 0 Å². The quantitative estimate of drug-likeness (QED) is 0.600. The van der Waals surface area contributed by atoms with E-state index in [9.17, 15) is 9.59 Å². The summed E-state index contributed by atoms with van der Waals surface area (Å²) in [6, 6.07) is 18.2.